The Morgan fingerprint density at radius 1 is 1.42 bits per heavy atom. The third-order valence-corrected chi connectivity index (χ3v) is 6.27. The van der Waals surface area contributed by atoms with E-state index in [0.29, 0.717) is 23.6 Å². The summed E-state index contributed by atoms with van der Waals surface area (Å²) >= 11 is 1.27. The molecule has 2 N–H and O–H groups in total. The van der Waals surface area contributed by atoms with Crippen LogP contribution in [0, 0.1) is 17.3 Å². The largest absolute Gasteiger partial charge is 0.378 e. The molecule has 130 valence electrons. The number of nitrogens with one attached hydrogen (secondary N) is 2. The average Bonchev–Trinajstić information content (AvgIpc) is 2.96. The van der Waals surface area contributed by atoms with Crippen LogP contribution in [0.2, 0.25) is 0 Å². The lowest BCUT2D eigenvalue weighted by atomic mass is 9.46. The fourth-order valence-electron chi connectivity index (χ4n) is 3.83. The molecule has 0 aromatic carbocycles. The highest BCUT2D eigenvalue weighted by atomic mass is 32.1. The van der Waals surface area contributed by atoms with Crippen LogP contribution in [0.3, 0.4) is 0 Å². The third kappa shape index (κ3) is 2.98. The number of anilines is 1. The summed E-state index contributed by atoms with van der Waals surface area (Å²) in [6.07, 6.45) is 2.00. The van der Waals surface area contributed by atoms with E-state index >= 15 is 0 Å². The number of aromatic nitrogens is 1. The maximum Gasteiger partial charge on any atom is 0.315 e. The van der Waals surface area contributed by atoms with E-state index in [2.05, 4.69) is 36.0 Å². The first-order chi connectivity index (χ1) is 11.3. The van der Waals surface area contributed by atoms with Crippen molar-refractivity contribution in [3.05, 3.63) is 23.2 Å². The lowest BCUT2D eigenvalue weighted by molar-refractivity contribution is -0.137. The summed E-state index contributed by atoms with van der Waals surface area (Å²) in [6, 6.07) is -0.111. The zero-order valence-electron chi connectivity index (χ0n) is 14.2. The maximum absolute atomic E-state index is 12.2. The molecule has 0 saturated heterocycles. The van der Waals surface area contributed by atoms with Gasteiger partial charge in [-0.1, -0.05) is 26.0 Å². The lowest BCUT2D eigenvalue weighted by Gasteiger charge is -2.59. The van der Waals surface area contributed by atoms with Gasteiger partial charge < -0.3 is 10.1 Å². The Balaban J connectivity index is 1.55. The highest BCUT2D eigenvalue weighted by molar-refractivity contribution is 7.14. The SMILES string of the molecule is C=C1C(NC(=O)C(=O)Nc2nc(COC)cs2)C[C@H]2C[C@@H]1C2(C)C. The van der Waals surface area contributed by atoms with Crippen LogP contribution < -0.4 is 10.6 Å². The summed E-state index contributed by atoms with van der Waals surface area (Å²) in [4.78, 5) is 28.4. The van der Waals surface area contributed by atoms with Gasteiger partial charge in [0.25, 0.3) is 0 Å². The first-order valence-corrected chi connectivity index (χ1v) is 8.94. The van der Waals surface area contributed by atoms with Crippen LogP contribution in [0.4, 0.5) is 5.13 Å². The second kappa shape index (κ2) is 6.29. The standard InChI is InChI=1S/C17H23N3O3S/c1-9-12-5-10(17(12,2)3)6-13(9)19-14(21)15(22)20-16-18-11(7-23-4)8-24-16/h8,10,12-13H,1,5-7H2,2-4H3,(H,19,21)(H,18,20,22)/t10-,12+,13?/m1/s1. The molecule has 1 unspecified atom stereocenters. The van der Waals surface area contributed by atoms with Crippen LogP contribution in [0.1, 0.15) is 32.4 Å². The number of hydrogen-bond acceptors (Lipinski definition) is 5. The molecule has 1 aromatic rings. The second-order valence-corrected chi connectivity index (χ2v) is 8.03. The highest BCUT2D eigenvalue weighted by Gasteiger charge is 2.55. The molecule has 24 heavy (non-hydrogen) atoms. The quantitative estimate of drug-likeness (QED) is 0.646. The Hall–Kier alpha value is -1.73. The molecule has 4 rings (SSSR count). The van der Waals surface area contributed by atoms with E-state index in [1.807, 2.05) is 0 Å². The summed E-state index contributed by atoms with van der Waals surface area (Å²) < 4.78 is 4.98. The number of carbonyl (C=O) groups is 2. The molecular weight excluding hydrogens is 326 g/mol. The molecular formula is C17H23N3O3S. The van der Waals surface area contributed by atoms with Crippen LogP contribution in [0.5, 0.6) is 0 Å². The Morgan fingerprint density at radius 3 is 2.79 bits per heavy atom. The van der Waals surface area contributed by atoms with Crippen molar-refractivity contribution in [2.24, 2.45) is 17.3 Å². The molecule has 3 aliphatic carbocycles. The molecule has 6 nitrogen and oxygen atoms in total. The molecule has 0 aliphatic heterocycles. The predicted molar refractivity (Wildman–Crippen MR) is 92.5 cm³/mol. The van der Waals surface area contributed by atoms with Crippen molar-refractivity contribution in [2.75, 3.05) is 12.4 Å². The first kappa shape index (κ1) is 17.1. The zero-order chi connectivity index (χ0) is 17.5. The molecule has 2 amide bonds. The van der Waals surface area contributed by atoms with Gasteiger partial charge >= 0.3 is 11.8 Å². The van der Waals surface area contributed by atoms with Crippen molar-refractivity contribution < 1.29 is 14.3 Å². The maximum atomic E-state index is 12.2. The smallest absolute Gasteiger partial charge is 0.315 e. The van der Waals surface area contributed by atoms with Gasteiger partial charge in [0.15, 0.2) is 5.13 Å². The number of carbonyl (C=O) groups excluding carboxylic acids is 2. The molecule has 3 atom stereocenters. The molecule has 7 heteroatoms. The summed E-state index contributed by atoms with van der Waals surface area (Å²) in [6.45, 7) is 9.04. The van der Waals surface area contributed by atoms with Gasteiger partial charge in [-0.25, -0.2) is 4.98 Å². The molecule has 3 saturated carbocycles. The molecule has 2 bridgehead atoms. The number of amides is 2. The topological polar surface area (TPSA) is 80.3 Å². The van der Waals surface area contributed by atoms with Gasteiger partial charge in [0.1, 0.15) is 0 Å². The van der Waals surface area contributed by atoms with Crippen LogP contribution in [0.15, 0.2) is 17.5 Å². The van der Waals surface area contributed by atoms with Crippen molar-refractivity contribution in [2.45, 2.75) is 39.3 Å². The average molecular weight is 349 g/mol. The Bertz CT molecular complexity index is 682. The Kier molecular flexibility index (Phi) is 4.48. The number of rotatable bonds is 4. The molecule has 0 spiro atoms. The van der Waals surface area contributed by atoms with Crippen molar-refractivity contribution in [3.63, 3.8) is 0 Å². The predicted octanol–water partition coefficient (Wildman–Crippen LogP) is 2.33. The molecule has 0 radical (unpaired) electrons. The monoisotopic (exact) mass is 349 g/mol. The van der Waals surface area contributed by atoms with Crippen LogP contribution in [-0.4, -0.2) is 29.9 Å². The molecule has 3 fully saturated rings. The summed E-state index contributed by atoms with van der Waals surface area (Å²) in [5.41, 5.74) is 2.03. The third-order valence-electron chi connectivity index (χ3n) is 5.46. The fourth-order valence-corrected chi connectivity index (χ4v) is 4.52. The van der Waals surface area contributed by atoms with Crippen LogP contribution >= 0.6 is 11.3 Å². The summed E-state index contributed by atoms with van der Waals surface area (Å²) in [5, 5.41) is 7.54. The minimum atomic E-state index is -0.695. The minimum Gasteiger partial charge on any atom is -0.378 e. The van der Waals surface area contributed by atoms with E-state index < -0.39 is 11.8 Å². The van der Waals surface area contributed by atoms with Crippen molar-refractivity contribution >= 4 is 28.3 Å². The normalized spacial score (nSPS) is 27.3. The number of ether oxygens (including phenoxy) is 1. The van der Waals surface area contributed by atoms with E-state index in [1.165, 1.54) is 11.3 Å². The van der Waals surface area contributed by atoms with Crippen LogP contribution in [-0.2, 0) is 20.9 Å². The highest BCUT2D eigenvalue weighted by Crippen LogP contribution is 2.60. The van der Waals surface area contributed by atoms with Gasteiger partial charge in [0.05, 0.1) is 18.3 Å². The first-order valence-electron chi connectivity index (χ1n) is 8.06. The summed E-state index contributed by atoms with van der Waals surface area (Å²) in [7, 11) is 1.58. The van der Waals surface area contributed by atoms with E-state index in [9.17, 15) is 9.59 Å². The number of fused-ring (bicyclic) bond motifs is 2. The molecule has 1 aromatic heterocycles. The van der Waals surface area contributed by atoms with Gasteiger partial charge in [0.2, 0.25) is 0 Å². The number of nitrogens with zero attached hydrogens (tertiary/aromatic N) is 1. The Morgan fingerprint density at radius 2 is 2.17 bits per heavy atom. The van der Waals surface area contributed by atoms with E-state index in [-0.39, 0.29) is 11.5 Å². The van der Waals surface area contributed by atoms with Gasteiger partial charge in [-0.15, -0.1) is 11.3 Å². The van der Waals surface area contributed by atoms with Gasteiger partial charge in [-0.05, 0) is 30.1 Å². The van der Waals surface area contributed by atoms with Crippen molar-refractivity contribution in [3.8, 4) is 0 Å². The number of hydrogen-bond donors (Lipinski definition) is 2. The molecule has 1 heterocycles. The van der Waals surface area contributed by atoms with Gasteiger partial charge in [-0.2, -0.15) is 0 Å². The van der Waals surface area contributed by atoms with Crippen molar-refractivity contribution in [1.82, 2.24) is 10.3 Å². The van der Waals surface area contributed by atoms with Gasteiger partial charge in [0, 0.05) is 12.5 Å². The summed E-state index contributed by atoms with van der Waals surface area (Å²) in [5.74, 6) is -0.319. The van der Waals surface area contributed by atoms with E-state index in [4.69, 9.17) is 4.74 Å². The van der Waals surface area contributed by atoms with E-state index in [1.54, 1.807) is 12.5 Å². The van der Waals surface area contributed by atoms with Crippen molar-refractivity contribution in [1.29, 1.82) is 0 Å². The fraction of sp³-hybridized carbons (Fsp3) is 0.588. The lowest BCUT2D eigenvalue weighted by Crippen LogP contribution is -2.58. The number of methoxy groups -OCH3 is 1. The zero-order valence-corrected chi connectivity index (χ0v) is 15.0. The van der Waals surface area contributed by atoms with E-state index in [0.717, 1.165) is 24.1 Å². The van der Waals surface area contributed by atoms with Crippen LogP contribution in [0.25, 0.3) is 0 Å². The second-order valence-electron chi connectivity index (χ2n) is 7.17. The Labute approximate surface area is 145 Å². The number of thiazole rings is 1. The molecule has 3 aliphatic rings. The minimum absolute atomic E-state index is 0.111. The van der Waals surface area contributed by atoms with Gasteiger partial charge in [-0.3, -0.25) is 14.9 Å².